The van der Waals surface area contributed by atoms with E-state index in [9.17, 15) is 0 Å². The van der Waals surface area contributed by atoms with Crippen molar-refractivity contribution in [3.05, 3.63) is 29.4 Å². The zero-order valence-electron chi connectivity index (χ0n) is 10.6. The molecule has 0 amide bonds. The minimum absolute atomic E-state index is 0.851. The normalized spacial score (nSPS) is 11.0. The first kappa shape index (κ1) is 12.0. The van der Waals surface area contributed by atoms with Crippen LogP contribution in [-0.2, 0) is 6.42 Å². The van der Waals surface area contributed by atoms with E-state index in [1.165, 1.54) is 11.9 Å². The van der Waals surface area contributed by atoms with Crippen molar-refractivity contribution < 1.29 is 0 Å². The zero-order chi connectivity index (χ0) is 13.1. The number of hydrogen-bond acceptors (Lipinski definition) is 6. The monoisotopic (exact) mass is 274 g/mol. The number of thiophene rings is 1. The molecule has 0 radical (unpaired) electrons. The molecule has 0 aliphatic carbocycles. The molecule has 3 aromatic rings. The molecule has 7 heteroatoms. The van der Waals surface area contributed by atoms with Gasteiger partial charge in [0.2, 0.25) is 0 Å². The molecule has 3 rings (SSSR count). The van der Waals surface area contributed by atoms with E-state index in [-0.39, 0.29) is 0 Å². The molecule has 0 aromatic carbocycles. The number of rotatable bonds is 5. The summed E-state index contributed by atoms with van der Waals surface area (Å²) in [5.41, 5.74) is 2.24. The van der Waals surface area contributed by atoms with Gasteiger partial charge in [0.05, 0.1) is 10.2 Å². The van der Waals surface area contributed by atoms with Crippen LogP contribution in [0.15, 0.2) is 18.0 Å². The zero-order valence-corrected chi connectivity index (χ0v) is 11.4. The molecule has 98 valence electrons. The second-order valence-electron chi connectivity index (χ2n) is 4.28. The molecule has 0 unspecified atom stereocenters. The molecule has 0 aliphatic rings. The van der Waals surface area contributed by atoms with Crippen molar-refractivity contribution in [2.75, 3.05) is 11.9 Å². The summed E-state index contributed by atoms with van der Waals surface area (Å²) < 4.78 is 1.12. The topological polar surface area (TPSA) is 79.4 Å². The average Bonchev–Trinajstić information content (AvgIpc) is 3.06. The molecule has 6 nitrogen and oxygen atoms in total. The van der Waals surface area contributed by atoms with Crippen molar-refractivity contribution in [3.8, 4) is 0 Å². The molecular formula is C12H14N6S. The number of H-pyrrole nitrogens is 1. The molecule has 0 fully saturated rings. The van der Waals surface area contributed by atoms with Gasteiger partial charge < -0.3 is 5.32 Å². The van der Waals surface area contributed by atoms with Crippen molar-refractivity contribution in [1.82, 2.24) is 25.1 Å². The molecule has 0 aliphatic heterocycles. The van der Waals surface area contributed by atoms with Gasteiger partial charge in [-0.15, -0.1) is 11.3 Å². The Morgan fingerprint density at radius 3 is 3.05 bits per heavy atom. The SMILES string of the molecule is Cc1csc2c(NCCCc3ncn[nH]3)ncnc12. The minimum atomic E-state index is 0.851. The lowest BCUT2D eigenvalue weighted by Gasteiger charge is -2.05. The first-order valence-electron chi connectivity index (χ1n) is 6.11. The Labute approximate surface area is 114 Å². The Morgan fingerprint density at radius 2 is 2.21 bits per heavy atom. The van der Waals surface area contributed by atoms with Crippen molar-refractivity contribution in [1.29, 1.82) is 0 Å². The summed E-state index contributed by atoms with van der Waals surface area (Å²) in [6, 6.07) is 0. The number of fused-ring (bicyclic) bond motifs is 1. The summed E-state index contributed by atoms with van der Waals surface area (Å²) in [6.07, 6.45) is 5.00. The fourth-order valence-corrected chi connectivity index (χ4v) is 2.88. The van der Waals surface area contributed by atoms with Crippen LogP contribution in [0.5, 0.6) is 0 Å². The maximum absolute atomic E-state index is 4.31. The molecule has 0 spiro atoms. The van der Waals surface area contributed by atoms with Crippen LogP contribution in [0, 0.1) is 6.92 Å². The number of aryl methyl sites for hydroxylation is 2. The van der Waals surface area contributed by atoms with E-state index >= 15 is 0 Å². The Balaban J connectivity index is 1.62. The Hall–Kier alpha value is -2.02. The number of aromatic amines is 1. The van der Waals surface area contributed by atoms with Crippen LogP contribution in [0.3, 0.4) is 0 Å². The van der Waals surface area contributed by atoms with E-state index in [0.29, 0.717) is 0 Å². The third-order valence-corrected chi connectivity index (χ3v) is 3.97. The maximum atomic E-state index is 4.31. The lowest BCUT2D eigenvalue weighted by atomic mass is 10.3. The van der Waals surface area contributed by atoms with Crippen LogP contribution >= 0.6 is 11.3 Å². The lowest BCUT2D eigenvalue weighted by molar-refractivity contribution is 0.804. The van der Waals surface area contributed by atoms with Crippen LogP contribution in [0.4, 0.5) is 5.82 Å². The summed E-state index contributed by atoms with van der Waals surface area (Å²) in [5.74, 6) is 1.84. The number of anilines is 1. The summed E-state index contributed by atoms with van der Waals surface area (Å²) in [7, 11) is 0. The second-order valence-corrected chi connectivity index (χ2v) is 5.16. The number of aromatic nitrogens is 5. The van der Waals surface area contributed by atoms with Gasteiger partial charge in [0.15, 0.2) is 0 Å². The highest BCUT2D eigenvalue weighted by Gasteiger charge is 2.07. The average molecular weight is 274 g/mol. The highest BCUT2D eigenvalue weighted by Crippen LogP contribution is 2.28. The quantitative estimate of drug-likeness (QED) is 0.697. The molecule has 3 heterocycles. The maximum Gasteiger partial charge on any atom is 0.147 e. The highest BCUT2D eigenvalue weighted by atomic mass is 32.1. The molecule has 19 heavy (non-hydrogen) atoms. The van der Waals surface area contributed by atoms with Crippen molar-refractivity contribution in [3.63, 3.8) is 0 Å². The van der Waals surface area contributed by atoms with Gasteiger partial charge in [-0.05, 0) is 24.3 Å². The summed E-state index contributed by atoms with van der Waals surface area (Å²) in [4.78, 5) is 12.7. The van der Waals surface area contributed by atoms with Crippen LogP contribution in [0.1, 0.15) is 17.8 Å². The van der Waals surface area contributed by atoms with Gasteiger partial charge in [0, 0.05) is 13.0 Å². The fraction of sp³-hybridized carbons (Fsp3) is 0.333. The smallest absolute Gasteiger partial charge is 0.147 e. The predicted octanol–water partition coefficient (Wildman–Crippen LogP) is 2.16. The van der Waals surface area contributed by atoms with Crippen LogP contribution < -0.4 is 5.32 Å². The first-order valence-corrected chi connectivity index (χ1v) is 6.99. The van der Waals surface area contributed by atoms with Gasteiger partial charge in [-0.3, -0.25) is 5.10 Å². The summed E-state index contributed by atoms with van der Waals surface area (Å²) >= 11 is 1.68. The van der Waals surface area contributed by atoms with Crippen LogP contribution in [0.25, 0.3) is 10.2 Å². The molecule has 3 aromatic heterocycles. The summed E-state index contributed by atoms with van der Waals surface area (Å²) in [5, 5.41) is 12.2. The minimum Gasteiger partial charge on any atom is -0.369 e. The number of hydrogen-bond donors (Lipinski definition) is 2. The second kappa shape index (κ2) is 5.31. The fourth-order valence-electron chi connectivity index (χ4n) is 1.91. The van der Waals surface area contributed by atoms with Gasteiger partial charge >= 0.3 is 0 Å². The first-order chi connectivity index (χ1) is 9.34. The largest absolute Gasteiger partial charge is 0.369 e. The molecule has 0 saturated heterocycles. The highest BCUT2D eigenvalue weighted by molar-refractivity contribution is 7.18. The van der Waals surface area contributed by atoms with Crippen molar-refractivity contribution >= 4 is 27.4 Å². The Morgan fingerprint density at radius 1 is 1.26 bits per heavy atom. The van der Waals surface area contributed by atoms with E-state index in [0.717, 1.165) is 41.2 Å². The predicted molar refractivity (Wildman–Crippen MR) is 75.3 cm³/mol. The van der Waals surface area contributed by atoms with E-state index in [1.807, 2.05) is 0 Å². The lowest BCUT2D eigenvalue weighted by Crippen LogP contribution is -2.05. The van der Waals surface area contributed by atoms with Gasteiger partial charge in [-0.1, -0.05) is 0 Å². The van der Waals surface area contributed by atoms with E-state index < -0.39 is 0 Å². The third kappa shape index (κ3) is 2.55. The van der Waals surface area contributed by atoms with E-state index in [2.05, 4.69) is 42.8 Å². The van der Waals surface area contributed by atoms with Crippen LogP contribution in [0.2, 0.25) is 0 Å². The van der Waals surface area contributed by atoms with Crippen LogP contribution in [-0.4, -0.2) is 31.7 Å². The number of nitrogens with one attached hydrogen (secondary N) is 2. The Kier molecular flexibility index (Phi) is 3.37. The third-order valence-electron chi connectivity index (χ3n) is 2.88. The van der Waals surface area contributed by atoms with Gasteiger partial charge in [-0.2, -0.15) is 5.10 Å². The number of nitrogens with zero attached hydrogens (tertiary/aromatic N) is 4. The van der Waals surface area contributed by atoms with Crippen molar-refractivity contribution in [2.24, 2.45) is 0 Å². The Bertz CT molecular complexity index is 660. The summed E-state index contributed by atoms with van der Waals surface area (Å²) in [6.45, 7) is 2.92. The van der Waals surface area contributed by atoms with Gasteiger partial charge in [0.1, 0.15) is 24.3 Å². The molecule has 2 N–H and O–H groups in total. The molecule has 0 bridgehead atoms. The van der Waals surface area contributed by atoms with Gasteiger partial charge in [0.25, 0.3) is 0 Å². The van der Waals surface area contributed by atoms with E-state index in [1.54, 1.807) is 17.7 Å². The van der Waals surface area contributed by atoms with Crippen molar-refractivity contribution in [2.45, 2.75) is 19.8 Å². The molecule has 0 saturated carbocycles. The molecule has 0 atom stereocenters. The van der Waals surface area contributed by atoms with Gasteiger partial charge in [-0.25, -0.2) is 15.0 Å². The molecular weight excluding hydrogens is 260 g/mol. The van der Waals surface area contributed by atoms with E-state index in [4.69, 9.17) is 0 Å². The standard InChI is InChI=1S/C12H14N6S/c1-8-5-19-11-10(8)15-6-16-12(11)13-4-2-3-9-14-7-17-18-9/h5-7H,2-4H2,1H3,(H,13,15,16)(H,14,17,18).